The zero-order chi connectivity index (χ0) is 23.6. The van der Waals surface area contributed by atoms with Gasteiger partial charge < -0.3 is 14.2 Å². The molecule has 0 bridgehead atoms. The minimum atomic E-state index is -3.85. The molecule has 1 amide bonds. The molecule has 11 heteroatoms. The molecule has 8 nitrogen and oxygen atoms in total. The predicted molar refractivity (Wildman–Crippen MR) is 117 cm³/mol. The van der Waals surface area contributed by atoms with E-state index < -0.39 is 21.8 Å². The van der Waals surface area contributed by atoms with Gasteiger partial charge in [0.15, 0.2) is 0 Å². The Labute approximate surface area is 191 Å². The second kappa shape index (κ2) is 9.60. The molecule has 0 unspecified atom stereocenters. The van der Waals surface area contributed by atoms with E-state index in [2.05, 4.69) is 0 Å². The normalized spacial score (nSPS) is 15.1. The van der Waals surface area contributed by atoms with E-state index in [-0.39, 0.29) is 55.2 Å². The largest absolute Gasteiger partial charge is 0.462 e. The molecule has 32 heavy (non-hydrogen) atoms. The molecule has 0 saturated carbocycles. The number of esters is 1. The van der Waals surface area contributed by atoms with Gasteiger partial charge in [-0.15, -0.1) is 0 Å². The van der Waals surface area contributed by atoms with Crippen molar-refractivity contribution in [3.63, 3.8) is 0 Å². The highest BCUT2D eigenvalue weighted by atomic mass is 35.5. The lowest BCUT2D eigenvalue weighted by molar-refractivity contribution is -0.133. The summed E-state index contributed by atoms with van der Waals surface area (Å²) in [5.41, 5.74) is 1.82. The maximum atomic E-state index is 13.4. The fraction of sp³-hybridized carbons (Fsp3) is 0.429. The number of aromatic nitrogens is 1. The van der Waals surface area contributed by atoms with Crippen LogP contribution in [0.15, 0.2) is 29.2 Å². The van der Waals surface area contributed by atoms with Crippen LogP contribution in [0.25, 0.3) is 0 Å². The van der Waals surface area contributed by atoms with Crippen molar-refractivity contribution in [1.29, 1.82) is 0 Å². The highest BCUT2D eigenvalue weighted by Crippen LogP contribution is 2.23. The quantitative estimate of drug-likeness (QED) is 0.587. The number of hydrogen-bond acceptors (Lipinski definition) is 5. The van der Waals surface area contributed by atoms with Crippen molar-refractivity contribution in [3.8, 4) is 0 Å². The van der Waals surface area contributed by atoms with E-state index in [0.29, 0.717) is 11.3 Å². The van der Waals surface area contributed by atoms with Crippen LogP contribution in [0.2, 0.25) is 5.02 Å². The molecular weight excluding hydrogens is 461 g/mol. The first kappa shape index (κ1) is 24.2. The molecule has 0 aliphatic carbocycles. The Balaban J connectivity index is 1.66. The van der Waals surface area contributed by atoms with Crippen LogP contribution >= 0.6 is 11.6 Å². The van der Waals surface area contributed by atoms with Gasteiger partial charge in [0.1, 0.15) is 12.4 Å². The van der Waals surface area contributed by atoms with Crippen molar-refractivity contribution in [2.45, 2.75) is 32.2 Å². The topological polar surface area (TPSA) is 88.9 Å². The van der Waals surface area contributed by atoms with Crippen LogP contribution in [0.1, 0.15) is 28.7 Å². The number of nitrogens with zero attached hydrogens (tertiary/aromatic N) is 3. The van der Waals surface area contributed by atoms with E-state index in [1.807, 2.05) is 0 Å². The lowest BCUT2D eigenvalue weighted by atomic mass is 10.2. The van der Waals surface area contributed by atoms with E-state index in [1.54, 1.807) is 36.3 Å². The van der Waals surface area contributed by atoms with E-state index in [4.69, 9.17) is 16.3 Å². The van der Waals surface area contributed by atoms with Crippen molar-refractivity contribution in [2.24, 2.45) is 0 Å². The molecule has 0 N–H and O–H groups in total. The lowest BCUT2D eigenvalue weighted by Crippen LogP contribution is -2.51. The Kier molecular flexibility index (Phi) is 7.26. The third-order valence-corrected chi connectivity index (χ3v) is 7.67. The van der Waals surface area contributed by atoms with Crippen LogP contribution in [0.4, 0.5) is 4.39 Å². The molecule has 1 aliphatic rings. The molecule has 1 aromatic heterocycles. The number of rotatable bonds is 6. The van der Waals surface area contributed by atoms with Crippen LogP contribution in [0.5, 0.6) is 0 Å². The maximum absolute atomic E-state index is 13.4. The molecule has 1 aliphatic heterocycles. The molecule has 174 valence electrons. The fourth-order valence-electron chi connectivity index (χ4n) is 3.66. The number of carbonyl (C=O) groups excluding carboxylic acids is 2. The summed E-state index contributed by atoms with van der Waals surface area (Å²) in [6, 6.07) is 4.97. The van der Waals surface area contributed by atoms with Crippen LogP contribution < -0.4 is 0 Å². The first-order valence-corrected chi connectivity index (χ1v) is 11.9. The molecule has 1 aromatic carbocycles. The van der Waals surface area contributed by atoms with Crippen LogP contribution in [-0.4, -0.2) is 66.9 Å². The molecule has 0 radical (unpaired) electrons. The van der Waals surface area contributed by atoms with E-state index in [0.717, 1.165) is 17.8 Å². The van der Waals surface area contributed by atoms with Gasteiger partial charge in [-0.1, -0.05) is 11.6 Å². The fourth-order valence-corrected chi connectivity index (χ4v) is 5.35. The smallest absolute Gasteiger partial charge is 0.339 e. The average molecular weight is 486 g/mol. The number of amides is 1. The number of sulfonamides is 1. The Morgan fingerprint density at radius 3 is 2.38 bits per heavy atom. The Morgan fingerprint density at radius 2 is 1.78 bits per heavy atom. The van der Waals surface area contributed by atoms with Crippen molar-refractivity contribution in [2.75, 3.05) is 32.8 Å². The van der Waals surface area contributed by atoms with Gasteiger partial charge in [0.25, 0.3) is 0 Å². The first-order valence-electron chi connectivity index (χ1n) is 10.1. The number of benzene rings is 1. The van der Waals surface area contributed by atoms with Gasteiger partial charge in [-0.05, 0) is 45.0 Å². The number of carbonyl (C=O) groups is 2. The number of ether oxygens (including phenoxy) is 1. The van der Waals surface area contributed by atoms with Crippen molar-refractivity contribution >= 4 is 33.5 Å². The van der Waals surface area contributed by atoms with Crippen LogP contribution in [0, 0.1) is 19.7 Å². The standard InChI is InChI=1S/C21H25ClFN3O5S/c1-4-31-21(28)17-11-14(2)26(15(17)3)13-20(27)24-7-9-25(10-8-24)32(29,30)16-5-6-19(23)18(22)12-16/h5-6,11-12H,4,7-10,13H2,1-3H3. The second-order valence-corrected chi connectivity index (χ2v) is 9.80. The molecule has 0 atom stereocenters. The van der Waals surface area contributed by atoms with Crippen LogP contribution in [0.3, 0.4) is 0 Å². The van der Waals surface area contributed by atoms with Gasteiger partial charge in [0, 0.05) is 37.6 Å². The van der Waals surface area contributed by atoms with Crippen molar-refractivity contribution in [3.05, 3.63) is 52.1 Å². The van der Waals surface area contributed by atoms with E-state index in [1.165, 1.54) is 10.4 Å². The van der Waals surface area contributed by atoms with Gasteiger partial charge >= 0.3 is 5.97 Å². The van der Waals surface area contributed by atoms with Gasteiger partial charge in [-0.2, -0.15) is 4.31 Å². The van der Waals surface area contributed by atoms with Gasteiger partial charge in [0.05, 0.1) is 22.1 Å². The summed E-state index contributed by atoms with van der Waals surface area (Å²) >= 11 is 5.72. The third-order valence-electron chi connectivity index (χ3n) is 5.48. The first-order chi connectivity index (χ1) is 15.1. The lowest BCUT2D eigenvalue weighted by Gasteiger charge is -2.34. The Morgan fingerprint density at radius 1 is 1.12 bits per heavy atom. The van der Waals surface area contributed by atoms with Gasteiger partial charge in [-0.3, -0.25) is 4.79 Å². The molecule has 2 aromatic rings. The number of halogens is 2. The molecule has 3 rings (SSSR count). The minimum Gasteiger partial charge on any atom is -0.462 e. The SMILES string of the molecule is CCOC(=O)c1cc(C)n(CC(=O)N2CCN(S(=O)(=O)c3ccc(F)c(Cl)c3)CC2)c1C. The average Bonchev–Trinajstić information content (AvgIpc) is 3.04. The summed E-state index contributed by atoms with van der Waals surface area (Å²) in [7, 11) is -3.85. The van der Waals surface area contributed by atoms with E-state index in [9.17, 15) is 22.4 Å². The second-order valence-electron chi connectivity index (χ2n) is 7.45. The third kappa shape index (κ3) is 4.82. The zero-order valence-corrected chi connectivity index (χ0v) is 19.7. The minimum absolute atomic E-state index is 0.0391. The van der Waals surface area contributed by atoms with Gasteiger partial charge in [-0.25, -0.2) is 17.6 Å². The predicted octanol–water partition coefficient (Wildman–Crippen LogP) is 2.61. The highest BCUT2D eigenvalue weighted by Gasteiger charge is 2.31. The van der Waals surface area contributed by atoms with Gasteiger partial charge in [0.2, 0.25) is 15.9 Å². The Bertz CT molecular complexity index is 1140. The summed E-state index contributed by atoms with van der Waals surface area (Å²) in [5, 5.41) is -0.264. The van der Waals surface area contributed by atoms with Crippen molar-refractivity contribution < 1.29 is 27.1 Å². The number of piperazine rings is 1. The summed E-state index contributed by atoms with van der Waals surface area (Å²) in [5.74, 6) is -1.30. The molecular formula is C21H25ClFN3O5S. The summed E-state index contributed by atoms with van der Waals surface area (Å²) in [6.45, 7) is 6.25. The maximum Gasteiger partial charge on any atom is 0.339 e. The monoisotopic (exact) mass is 485 g/mol. The molecule has 0 spiro atoms. The molecule has 1 fully saturated rings. The molecule has 1 saturated heterocycles. The zero-order valence-electron chi connectivity index (χ0n) is 18.1. The summed E-state index contributed by atoms with van der Waals surface area (Å²) in [4.78, 5) is 26.4. The Hall–Kier alpha value is -2.43. The highest BCUT2D eigenvalue weighted by molar-refractivity contribution is 7.89. The number of hydrogen-bond donors (Lipinski definition) is 0. The van der Waals surface area contributed by atoms with Crippen LogP contribution in [-0.2, 0) is 26.1 Å². The summed E-state index contributed by atoms with van der Waals surface area (Å²) < 4.78 is 47.1. The number of aryl methyl sites for hydroxylation is 1. The van der Waals surface area contributed by atoms with E-state index >= 15 is 0 Å². The van der Waals surface area contributed by atoms with Crippen molar-refractivity contribution in [1.82, 2.24) is 13.8 Å². The molecule has 2 heterocycles. The summed E-state index contributed by atoms with van der Waals surface area (Å²) in [6.07, 6.45) is 0.